The van der Waals surface area contributed by atoms with Crippen LogP contribution in [0.1, 0.15) is 10.4 Å². The van der Waals surface area contributed by atoms with Crippen molar-refractivity contribution in [2.45, 2.75) is 4.90 Å². The van der Waals surface area contributed by atoms with Crippen molar-refractivity contribution in [1.29, 1.82) is 0 Å². The van der Waals surface area contributed by atoms with Crippen LogP contribution in [-0.4, -0.2) is 44.9 Å². The number of halogens is 3. The monoisotopic (exact) mass is 432 g/mol. The predicted octanol–water partition coefficient (Wildman–Crippen LogP) is 3.41. The molecule has 2 aromatic carbocycles. The molecular formula is C17H15Cl2FN2O4S. The maximum atomic E-state index is 13.9. The summed E-state index contributed by atoms with van der Waals surface area (Å²) >= 11 is 11.7. The van der Waals surface area contributed by atoms with Gasteiger partial charge in [0.1, 0.15) is 10.7 Å². The number of hydrogen-bond acceptors (Lipinski definition) is 4. The number of benzene rings is 2. The van der Waals surface area contributed by atoms with E-state index in [1.807, 2.05) is 0 Å². The van der Waals surface area contributed by atoms with Crippen LogP contribution in [0.3, 0.4) is 0 Å². The van der Waals surface area contributed by atoms with E-state index >= 15 is 0 Å². The molecule has 0 aliphatic carbocycles. The quantitative estimate of drug-likeness (QED) is 0.802. The van der Waals surface area contributed by atoms with Gasteiger partial charge in [-0.05, 0) is 36.4 Å². The molecule has 0 radical (unpaired) electrons. The van der Waals surface area contributed by atoms with E-state index in [1.165, 1.54) is 34.6 Å². The van der Waals surface area contributed by atoms with Gasteiger partial charge < -0.3 is 10.1 Å². The van der Waals surface area contributed by atoms with Crippen molar-refractivity contribution in [3.8, 4) is 0 Å². The average Bonchev–Trinajstić information content (AvgIpc) is 2.65. The Bertz CT molecular complexity index is 979. The summed E-state index contributed by atoms with van der Waals surface area (Å²) in [7, 11) is -3.89. The molecule has 1 heterocycles. The third kappa shape index (κ3) is 4.41. The van der Waals surface area contributed by atoms with Crippen molar-refractivity contribution in [3.05, 3.63) is 57.8 Å². The SMILES string of the molecule is O=C(Nc1ccc(Cl)cc1F)c1ccc(Cl)c(S(=O)(=O)N2CCOCC2)c1. The summed E-state index contributed by atoms with van der Waals surface area (Å²) < 4.78 is 45.9. The van der Waals surface area contributed by atoms with Gasteiger partial charge in [0.05, 0.1) is 23.9 Å². The van der Waals surface area contributed by atoms with Crippen LogP contribution in [0.4, 0.5) is 10.1 Å². The summed E-state index contributed by atoms with van der Waals surface area (Å²) in [6.45, 7) is 0.968. The van der Waals surface area contributed by atoms with E-state index in [0.29, 0.717) is 0 Å². The average molecular weight is 433 g/mol. The van der Waals surface area contributed by atoms with Gasteiger partial charge in [-0.15, -0.1) is 0 Å². The Morgan fingerprint density at radius 2 is 1.81 bits per heavy atom. The highest BCUT2D eigenvalue weighted by atomic mass is 35.5. The minimum atomic E-state index is -3.89. The molecule has 0 aromatic heterocycles. The first-order valence-electron chi connectivity index (χ1n) is 7.93. The zero-order valence-corrected chi connectivity index (χ0v) is 16.2. The Morgan fingerprint density at radius 3 is 2.48 bits per heavy atom. The lowest BCUT2D eigenvalue weighted by atomic mass is 10.2. The third-order valence-corrected chi connectivity index (χ3v) is 6.58. The molecule has 0 atom stereocenters. The Balaban J connectivity index is 1.89. The molecule has 0 spiro atoms. The number of nitrogens with one attached hydrogen (secondary N) is 1. The van der Waals surface area contributed by atoms with Crippen LogP contribution in [0, 0.1) is 5.82 Å². The van der Waals surface area contributed by atoms with Crippen molar-refractivity contribution in [3.63, 3.8) is 0 Å². The van der Waals surface area contributed by atoms with Crippen LogP contribution in [0.15, 0.2) is 41.3 Å². The number of nitrogens with zero attached hydrogens (tertiary/aromatic N) is 1. The van der Waals surface area contributed by atoms with Gasteiger partial charge in [0.25, 0.3) is 5.91 Å². The lowest BCUT2D eigenvalue weighted by molar-refractivity contribution is 0.0730. The molecule has 1 aliphatic rings. The number of hydrogen-bond donors (Lipinski definition) is 1. The maximum Gasteiger partial charge on any atom is 0.255 e. The zero-order chi connectivity index (χ0) is 19.6. The van der Waals surface area contributed by atoms with Gasteiger partial charge in [-0.1, -0.05) is 23.2 Å². The third-order valence-electron chi connectivity index (χ3n) is 3.96. The molecule has 0 unspecified atom stereocenters. The van der Waals surface area contributed by atoms with Crippen LogP contribution >= 0.6 is 23.2 Å². The fourth-order valence-electron chi connectivity index (χ4n) is 2.55. The zero-order valence-electron chi connectivity index (χ0n) is 13.9. The second kappa shape index (κ2) is 8.12. The number of carbonyl (C=O) groups is 1. The molecule has 10 heteroatoms. The van der Waals surface area contributed by atoms with Gasteiger partial charge in [-0.25, -0.2) is 12.8 Å². The first kappa shape index (κ1) is 20.0. The highest BCUT2D eigenvalue weighted by Crippen LogP contribution is 2.27. The van der Waals surface area contributed by atoms with E-state index in [4.69, 9.17) is 27.9 Å². The number of amides is 1. The topological polar surface area (TPSA) is 75.7 Å². The highest BCUT2D eigenvalue weighted by Gasteiger charge is 2.29. The molecule has 144 valence electrons. The number of carbonyl (C=O) groups excluding carboxylic acids is 1. The molecule has 6 nitrogen and oxygen atoms in total. The van der Waals surface area contributed by atoms with Crippen molar-refractivity contribution in [1.82, 2.24) is 4.31 Å². The Kier molecular flexibility index (Phi) is 6.02. The second-order valence-electron chi connectivity index (χ2n) is 5.74. The van der Waals surface area contributed by atoms with Crippen molar-refractivity contribution < 1.29 is 22.3 Å². The Labute approximate surface area is 165 Å². The number of rotatable bonds is 4. The van der Waals surface area contributed by atoms with Crippen molar-refractivity contribution in [2.24, 2.45) is 0 Å². The molecule has 1 amide bonds. The molecule has 1 aliphatic heterocycles. The van der Waals surface area contributed by atoms with Crippen LogP contribution in [0.5, 0.6) is 0 Å². The van der Waals surface area contributed by atoms with Gasteiger partial charge in [0, 0.05) is 23.7 Å². The van der Waals surface area contributed by atoms with Crippen LogP contribution in [0.2, 0.25) is 10.0 Å². The largest absolute Gasteiger partial charge is 0.379 e. The second-order valence-corrected chi connectivity index (χ2v) is 8.49. The van der Waals surface area contributed by atoms with Crippen LogP contribution in [-0.2, 0) is 14.8 Å². The summed E-state index contributed by atoms with van der Waals surface area (Å²) in [5.41, 5.74) is -0.0440. The number of sulfonamides is 1. The Morgan fingerprint density at radius 1 is 1.11 bits per heavy atom. The number of ether oxygens (including phenoxy) is 1. The van der Waals surface area contributed by atoms with E-state index in [1.54, 1.807) is 0 Å². The molecule has 3 rings (SSSR count). The normalized spacial score (nSPS) is 15.5. The summed E-state index contributed by atoms with van der Waals surface area (Å²) in [5.74, 6) is -1.38. The van der Waals surface area contributed by atoms with E-state index in [-0.39, 0.29) is 52.5 Å². The summed E-state index contributed by atoms with van der Waals surface area (Å²) in [5, 5.41) is 2.57. The molecule has 0 saturated carbocycles. The van der Waals surface area contributed by atoms with E-state index in [0.717, 1.165) is 6.07 Å². The number of anilines is 1. The lowest BCUT2D eigenvalue weighted by Crippen LogP contribution is -2.40. The van der Waals surface area contributed by atoms with Gasteiger partial charge >= 0.3 is 0 Å². The molecule has 0 bridgehead atoms. The molecule has 1 saturated heterocycles. The molecule has 1 fully saturated rings. The van der Waals surface area contributed by atoms with Gasteiger partial charge in [0.15, 0.2) is 0 Å². The molecule has 1 N–H and O–H groups in total. The molecule has 2 aromatic rings. The maximum absolute atomic E-state index is 13.9. The summed E-state index contributed by atoms with van der Waals surface area (Å²) in [6, 6.07) is 7.67. The van der Waals surface area contributed by atoms with E-state index < -0.39 is 21.7 Å². The van der Waals surface area contributed by atoms with E-state index in [9.17, 15) is 17.6 Å². The summed E-state index contributed by atoms with van der Waals surface area (Å²) in [4.78, 5) is 12.3. The van der Waals surface area contributed by atoms with Crippen molar-refractivity contribution >= 4 is 44.8 Å². The highest BCUT2D eigenvalue weighted by molar-refractivity contribution is 7.89. The van der Waals surface area contributed by atoms with Crippen LogP contribution < -0.4 is 5.32 Å². The lowest BCUT2D eigenvalue weighted by Gasteiger charge is -2.26. The van der Waals surface area contributed by atoms with Gasteiger partial charge in [-0.3, -0.25) is 4.79 Å². The van der Waals surface area contributed by atoms with Crippen LogP contribution in [0.25, 0.3) is 0 Å². The smallest absolute Gasteiger partial charge is 0.255 e. The molecule has 27 heavy (non-hydrogen) atoms. The van der Waals surface area contributed by atoms with Crippen molar-refractivity contribution in [2.75, 3.05) is 31.6 Å². The fourth-order valence-corrected chi connectivity index (χ4v) is 4.62. The number of morpholine rings is 1. The first-order valence-corrected chi connectivity index (χ1v) is 10.1. The predicted molar refractivity (Wildman–Crippen MR) is 100 cm³/mol. The molecular weight excluding hydrogens is 418 g/mol. The van der Waals surface area contributed by atoms with Gasteiger partial charge in [-0.2, -0.15) is 4.31 Å². The van der Waals surface area contributed by atoms with Gasteiger partial charge in [0.2, 0.25) is 10.0 Å². The first-order chi connectivity index (χ1) is 12.8. The summed E-state index contributed by atoms with van der Waals surface area (Å²) in [6.07, 6.45) is 0. The van der Waals surface area contributed by atoms with E-state index in [2.05, 4.69) is 5.32 Å². The minimum Gasteiger partial charge on any atom is -0.379 e. The Hall–Kier alpha value is -1.71. The standard InChI is InChI=1S/C17H15Cl2FN2O4S/c18-12-2-4-15(14(20)10-12)21-17(23)11-1-3-13(19)16(9-11)27(24,25)22-5-7-26-8-6-22/h1-4,9-10H,5-8H2,(H,21,23). The minimum absolute atomic E-state index is 0.00397. The fraction of sp³-hybridized carbons (Fsp3) is 0.235.